The van der Waals surface area contributed by atoms with Gasteiger partial charge in [-0.25, -0.2) is 12.8 Å². The third-order valence-corrected chi connectivity index (χ3v) is 6.60. The van der Waals surface area contributed by atoms with Crippen LogP contribution in [0.3, 0.4) is 0 Å². The van der Waals surface area contributed by atoms with E-state index in [0.29, 0.717) is 17.0 Å². The normalized spacial score (nSPS) is 15.4. The number of rotatable bonds is 5. The molecular formula is C17H20FN3O3S. The first-order chi connectivity index (χ1) is 11.8. The van der Waals surface area contributed by atoms with Crippen LogP contribution in [0.15, 0.2) is 30.3 Å². The van der Waals surface area contributed by atoms with Gasteiger partial charge in [0, 0.05) is 18.7 Å². The number of amides is 1. The number of aromatic nitrogens is 2. The number of sulfone groups is 1. The molecule has 134 valence electrons. The van der Waals surface area contributed by atoms with Gasteiger partial charge in [0.15, 0.2) is 9.84 Å². The molecule has 3 rings (SSSR count). The lowest BCUT2D eigenvalue weighted by atomic mass is 10.1. The molecule has 0 radical (unpaired) electrons. The van der Waals surface area contributed by atoms with Crippen LogP contribution >= 0.6 is 0 Å². The molecule has 0 aliphatic carbocycles. The fourth-order valence-corrected chi connectivity index (χ4v) is 4.82. The van der Waals surface area contributed by atoms with E-state index in [1.165, 1.54) is 17.0 Å². The summed E-state index contributed by atoms with van der Waals surface area (Å²) in [6.45, 7) is 4.14. The maximum Gasteiger partial charge on any atom is 0.271 e. The van der Waals surface area contributed by atoms with Crippen LogP contribution in [0.4, 0.5) is 4.39 Å². The second-order valence-electron chi connectivity index (χ2n) is 6.73. The van der Waals surface area contributed by atoms with Crippen LogP contribution in [0, 0.1) is 11.7 Å². The number of halogens is 1. The molecule has 0 saturated carbocycles. The van der Waals surface area contributed by atoms with Gasteiger partial charge in [-0.1, -0.05) is 13.8 Å². The molecular weight excluding hydrogens is 345 g/mol. The molecule has 1 fully saturated rings. The third-order valence-electron chi connectivity index (χ3n) is 4.16. The fraction of sp³-hybridized carbons (Fsp3) is 0.412. The number of nitrogens with one attached hydrogen (secondary N) is 1. The molecule has 1 saturated heterocycles. The van der Waals surface area contributed by atoms with Crippen molar-refractivity contribution < 1.29 is 17.6 Å². The van der Waals surface area contributed by atoms with Crippen molar-refractivity contribution in [3.05, 3.63) is 41.8 Å². The fourth-order valence-electron chi connectivity index (χ4n) is 2.80. The first-order valence-corrected chi connectivity index (χ1v) is 9.80. The Morgan fingerprint density at radius 3 is 2.56 bits per heavy atom. The van der Waals surface area contributed by atoms with E-state index in [0.717, 1.165) is 0 Å². The Kier molecular flexibility index (Phi) is 4.64. The van der Waals surface area contributed by atoms with Gasteiger partial charge in [0.05, 0.1) is 16.7 Å². The Balaban J connectivity index is 1.65. The van der Waals surface area contributed by atoms with Gasteiger partial charge in [0.1, 0.15) is 11.5 Å². The zero-order valence-electron chi connectivity index (χ0n) is 14.1. The molecule has 0 spiro atoms. The monoisotopic (exact) mass is 365 g/mol. The lowest BCUT2D eigenvalue weighted by Gasteiger charge is -2.38. The van der Waals surface area contributed by atoms with E-state index in [-0.39, 0.29) is 36.5 Å². The van der Waals surface area contributed by atoms with Gasteiger partial charge in [0.25, 0.3) is 5.91 Å². The number of hydrogen-bond donors (Lipinski definition) is 1. The van der Waals surface area contributed by atoms with E-state index < -0.39 is 15.1 Å². The summed E-state index contributed by atoms with van der Waals surface area (Å²) in [6, 6.07) is 7.40. The minimum atomic E-state index is -3.17. The molecule has 2 heterocycles. The molecule has 1 aliphatic heterocycles. The van der Waals surface area contributed by atoms with Gasteiger partial charge in [-0.05, 0) is 36.2 Å². The van der Waals surface area contributed by atoms with Crippen LogP contribution in [0.5, 0.6) is 0 Å². The Morgan fingerprint density at radius 1 is 1.32 bits per heavy atom. The molecule has 1 amide bonds. The number of nitrogens with zero attached hydrogens (tertiary/aromatic N) is 2. The molecule has 0 atom stereocenters. The number of carbonyl (C=O) groups excluding carboxylic acids is 1. The number of carbonyl (C=O) groups is 1. The zero-order valence-corrected chi connectivity index (χ0v) is 14.9. The van der Waals surface area contributed by atoms with Gasteiger partial charge in [-0.2, -0.15) is 5.10 Å². The molecule has 1 aromatic heterocycles. The van der Waals surface area contributed by atoms with Crippen LogP contribution in [-0.4, -0.2) is 53.5 Å². The standard InChI is InChI=1S/C17H20FN3O3S/c1-11(2)10-25(23,24)14-8-21(9-14)17(22)16-7-15(19-20-16)12-3-5-13(18)6-4-12/h3-7,11,14H,8-10H2,1-2H3,(H,19,20). The topological polar surface area (TPSA) is 83.1 Å². The molecule has 0 unspecified atom stereocenters. The lowest BCUT2D eigenvalue weighted by Crippen LogP contribution is -2.57. The van der Waals surface area contributed by atoms with Crippen molar-refractivity contribution in [1.29, 1.82) is 0 Å². The molecule has 1 aliphatic rings. The molecule has 8 heteroatoms. The highest BCUT2D eigenvalue weighted by Gasteiger charge is 2.40. The van der Waals surface area contributed by atoms with E-state index >= 15 is 0 Å². The number of benzene rings is 1. The first-order valence-electron chi connectivity index (χ1n) is 8.08. The smallest absolute Gasteiger partial charge is 0.271 e. The molecule has 2 aromatic rings. The van der Waals surface area contributed by atoms with E-state index in [1.54, 1.807) is 18.2 Å². The van der Waals surface area contributed by atoms with Crippen molar-refractivity contribution in [3.8, 4) is 11.3 Å². The van der Waals surface area contributed by atoms with Gasteiger partial charge in [-0.3, -0.25) is 9.89 Å². The minimum absolute atomic E-state index is 0.0700. The Bertz CT molecular complexity index is 869. The summed E-state index contributed by atoms with van der Waals surface area (Å²) in [4.78, 5) is 13.9. The van der Waals surface area contributed by atoms with Crippen molar-refractivity contribution in [2.45, 2.75) is 19.1 Å². The minimum Gasteiger partial charge on any atom is -0.335 e. The maximum absolute atomic E-state index is 13.0. The summed E-state index contributed by atoms with van der Waals surface area (Å²) >= 11 is 0. The summed E-state index contributed by atoms with van der Waals surface area (Å²) < 4.78 is 37.3. The molecule has 1 N–H and O–H groups in total. The van der Waals surface area contributed by atoms with Crippen LogP contribution in [0.1, 0.15) is 24.3 Å². The third kappa shape index (κ3) is 3.73. The van der Waals surface area contributed by atoms with Crippen molar-refractivity contribution in [2.24, 2.45) is 5.92 Å². The van der Waals surface area contributed by atoms with E-state index in [4.69, 9.17) is 0 Å². The Morgan fingerprint density at radius 2 is 1.96 bits per heavy atom. The number of H-pyrrole nitrogens is 1. The number of aromatic amines is 1. The zero-order chi connectivity index (χ0) is 18.2. The second kappa shape index (κ2) is 6.59. The average molecular weight is 365 g/mol. The van der Waals surface area contributed by atoms with Gasteiger partial charge < -0.3 is 4.90 Å². The highest BCUT2D eigenvalue weighted by molar-refractivity contribution is 7.92. The van der Waals surface area contributed by atoms with E-state index in [1.807, 2.05) is 13.8 Å². The molecule has 25 heavy (non-hydrogen) atoms. The summed E-state index contributed by atoms with van der Waals surface area (Å²) in [7, 11) is -3.17. The van der Waals surface area contributed by atoms with Crippen LogP contribution < -0.4 is 0 Å². The van der Waals surface area contributed by atoms with Crippen molar-refractivity contribution in [2.75, 3.05) is 18.8 Å². The van der Waals surface area contributed by atoms with Crippen LogP contribution in [0.2, 0.25) is 0 Å². The van der Waals surface area contributed by atoms with Crippen molar-refractivity contribution in [3.63, 3.8) is 0 Å². The highest BCUT2D eigenvalue weighted by Crippen LogP contribution is 2.23. The number of likely N-dealkylation sites (tertiary alicyclic amines) is 1. The van der Waals surface area contributed by atoms with E-state index in [9.17, 15) is 17.6 Å². The van der Waals surface area contributed by atoms with Gasteiger partial charge in [0.2, 0.25) is 0 Å². The summed E-state index contributed by atoms with van der Waals surface area (Å²) in [6.07, 6.45) is 0. The summed E-state index contributed by atoms with van der Waals surface area (Å²) in [5.74, 6) is -0.416. The quantitative estimate of drug-likeness (QED) is 0.880. The van der Waals surface area contributed by atoms with E-state index in [2.05, 4.69) is 10.2 Å². The molecule has 6 nitrogen and oxygen atoms in total. The second-order valence-corrected chi connectivity index (χ2v) is 9.05. The molecule has 0 bridgehead atoms. The van der Waals surface area contributed by atoms with Crippen LogP contribution in [-0.2, 0) is 9.84 Å². The molecule has 1 aromatic carbocycles. The SMILES string of the molecule is CC(C)CS(=O)(=O)C1CN(C(=O)c2cc(-c3ccc(F)cc3)n[nH]2)C1. The Labute approximate surface area is 146 Å². The van der Waals surface area contributed by atoms with Crippen LogP contribution in [0.25, 0.3) is 11.3 Å². The van der Waals surface area contributed by atoms with Gasteiger partial charge in [-0.15, -0.1) is 0 Å². The highest BCUT2D eigenvalue weighted by atomic mass is 32.2. The summed E-state index contributed by atoms with van der Waals surface area (Å²) in [5.41, 5.74) is 1.52. The predicted octanol–water partition coefficient (Wildman–Crippen LogP) is 2.11. The van der Waals surface area contributed by atoms with Crippen molar-refractivity contribution >= 4 is 15.7 Å². The lowest BCUT2D eigenvalue weighted by molar-refractivity contribution is 0.0652. The largest absolute Gasteiger partial charge is 0.335 e. The number of hydrogen-bond acceptors (Lipinski definition) is 4. The van der Waals surface area contributed by atoms with Gasteiger partial charge >= 0.3 is 0 Å². The summed E-state index contributed by atoms with van der Waals surface area (Å²) in [5, 5.41) is 6.25. The predicted molar refractivity (Wildman–Crippen MR) is 92.3 cm³/mol. The Hall–Kier alpha value is -2.22. The first kappa shape index (κ1) is 17.6. The average Bonchev–Trinajstić information content (AvgIpc) is 2.94. The maximum atomic E-state index is 13.0. The van der Waals surface area contributed by atoms with Crippen molar-refractivity contribution in [1.82, 2.24) is 15.1 Å².